The first-order valence-corrected chi connectivity index (χ1v) is 2.69. The van der Waals surface area contributed by atoms with Gasteiger partial charge in [-0.15, -0.1) is 0 Å². The molecule has 0 fully saturated rings. The number of hydrogen-bond donors (Lipinski definition) is 0. The normalized spacial score (nSPS) is 8.62. The molecule has 0 heterocycles. The summed E-state index contributed by atoms with van der Waals surface area (Å²) in [7, 11) is 0. The van der Waals surface area contributed by atoms with Gasteiger partial charge in [-0.2, -0.15) is 0 Å². The minimum absolute atomic E-state index is 0.230. The van der Waals surface area contributed by atoms with Crippen LogP contribution in [0.4, 0.5) is 0 Å². The molecule has 0 bridgehead atoms. The summed E-state index contributed by atoms with van der Waals surface area (Å²) in [6.07, 6.45) is 1.48. The molecule has 0 unspecified atom stereocenters. The van der Waals surface area contributed by atoms with Gasteiger partial charge in [-0.1, -0.05) is 0 Å². The standard InChI is InChI=1S/C6H11NO/c1-6(8)4-3-5-7-2/h2-5H2,1H3. The topological polar surface area (TPSA) is 29.4 Å². The number of rotatable bonds is 4. The van der Waals surface area contributed by atoms with Crippen LogP contribution in [-0.4, -0.2) is 19.0 Å². The number of carbonyl (C=O) groups is 1. The van der Waals surface area contributed by atoms with Crippen molar-refractivity contribution in [3.8, 4) is 0 Å². The van der Waals surface area contributed by atoms with Gasteiger partial charge in [0.1, 0.15) is 5.78 Å². The van der Waals surface area contributed by atoms with Crippen LogP contribution in [0, 0.1) is 0 Å². The van der Waals surface area contributed by atoms with Crippen molar-refractivity contribution in [2.45, 2.75) is 19.8 Å². The van der Waals surface area contributed by atoms with Crippen molar-refractivity contribution in [2.75, 3.05) is 6.54 Å². The predicted molar refractivity (Wildman–Crippen MR) is 34.3 cm³/mol. The van der Waals surface area contributed by atoms with Crippen LogP contribution in [0.2, 0.25) is 0 Å². The van der Waals surface area contributed by atoms with Crippen LogP contribution < -0.4 is 0 Å². The Morgan fingerprint density at radius 1 is 1.75 bits per heavy atom. The highest BCUT2D eigenvalue weighted by Gasteiger charge is 1.89. The quantitative estimate of drug-likeness (QED) is 0.396. The third-order valence-corrected chi connectivity index (χ3v) is 0.845. The maximum atomic E-state index is 10.3. The molecule has 0 aliphatic heterocycles. The molecule has 0 rings (SSSR count). The SMILES string of the molecule is C=NCCCC(C)=O. The highest BCUT2D eigenvalue weighted by Crippen LogP contribution is 1.88. The Hall–Kier alpha value is -0.660. The van der Waals surface area contributed by atoms with Crippen molar-refractivity contribution < 1.29 is 4.79 Å². The van der Waals surface area contributed by atoms with Gasteiger partial charge in [0.05, 0.1) is 0 Å². The molecule has 0 radical (unpaired) electrons. The first-order valence-electron chi connectivity index (χ1n) is 2.69. The number of carbonyl (C=O) groups excluding carboxylic acids is 1. The number of aliphatic imine (C=N–C) groups is 1. The second-order valence-electron chi connectivity index (χ2n) is 1.75. The molecule has 0 aromatic carbocycles. The van der Waals surface area contributed by atoms with Gasteiger partial charge in [-0.25, -0.2) is 0 Å². The van der Waals surface area contributed by atoms with Gasteiger partial charge in [-0.05, 0) is 20.1 Å². The van der Waals surface area contributed by atoms with Crippen LogP contribution in [-0.2, 0) is 4.79 Å². The molecule has 2 heteroatoms. The molecule has 0 aromatic heterocycles. The van der Waals surface area contributed by atoms with Crippen molar-refractivity contribution in [3.63, 3.8) is 0 Å². The zero-order valence-electron chi connectivity index (χ0n) is 5.18. The van der Waals surface area contributed by atoms with E-state index in [1.165, 1.54) is 0 Å². The average Bonchev–Trinajstić information content (AvgIpc) is 1.66. The molecular weight excluding hydrogens is 102 g/mol. The average molecular weight is 113 g/mol. The summed E-state index contributed by atoms with van der Waals surface area (Å²) in [5.41, 5.74) is 0. The Morgan fingerprint density at radius 2 is 2.38 bits per heavy atom. The zero-order chi connectivity index (χ0) is 6.41. The molecule has 0 atom stereocenters. The number of Topliss-reactive ketones (excluding diaryl/α,β-unsaturated/α-hetero) is 1. The minimum atomic E-state index is 0.230. The molecule has 0 saturated carbocycles. The lowest BCUT2D eigenvalue weighted by atomic mass is 10.2. The van der Waals surface area contributed by atoms with Crippen LogP contribution in [0.5, 0.6) is 0 Å². The highest BCUT2D eigenvalue weighted by molar-refractivity contribution is 5.75. The fourth-order valence-electron chi connectivity index (χ4n) is 0.440. The van der Waals surface area contributed by atoms with Gasteiger partial charge in [0.2, 0.25) is 0 Å². The van der Waals surface area contributed by atoms with Gasteiger partial charge >= 0.3 is 0 Å². The Bertz CT molecular complexity index is 88.5. The van der Waals surface area contributed by atoms with Gasteiger partial charge in [0.25, 0.3) is 0 Å². The van der Waals surface area contributed by atoms with E-state index in [0.717, 1.165) is 6.42 Å². The van der Waals surface area contributed by atoms with E-state index in [1.54, 1.807) is 6.92 Å². The molecule has 2 nitrogen and oxygen atoms in total. The van der Waals surface area contributed by atoms with Crippen LogP contribution in [0.3, 0.4) is 0 Å². The van der Waals surface area contributed by atoms with E-state index in [1.807, 2.05) is 0 Å². The molecule has 0 amide bonds. The van der Waals surface area contributed by atoms with Crippen LogP contribution in [0.15, 0.2) is 4.99 Å². The molecule has 8 heavy (non-hydrogen) atoms. The number of hydrogen-bond acceptors (Lipinski definition) is 2. The smallest absolute Gasteiger partial charge is 0.129 e. The van der Waals surface area contributed by atoms with Crippen molar-refractivity contribution in [2.24, 2.45) is 4.99 Å². The van der Waals surface area contributed by atoms with Gasteiger partial charge in [0, 0.05) is 13.0 Å². The van der Waals surface area contributed by atoms with Crippen molar-refractivity contribution in [3.05, 3.63) is 0 Å². The van der Waals surface area contributed by atoms with Crippen molar-refractivity contribution in [1.82, 2.24) is 0 Å². The van der Waals surface area contributed by atoms with E-state index in [9.17, 15) is 4.79 Å². The van der Waals surface area contributed by atoms with E-state index >= 15 is 0 Å². The molecule has 46 valence electrons. The lowest BCUT2D eigenvalue weighted by Crippen LogP contribution is -1.90. The highest BCUT2D eigenvalue weighted by atomic mass is 16.1. The molecule has 0 saturated heterocycles. The third kappa shape index (κ3) is 5.34. The Balaban J connectivity index is 2.93. The monoisotopic (exact) mass is 113 g/mol. The molecule has 0 spiro atoms. The summed E-state index contributed by atoms with van der Waals surface area (Å²) in [5, 5.41) is 0. The van der Waals surface area contributed by atoms with Gasteiger partial charge in [0.15, 0.2) is 0 Å². The van der Waals surface area contributed by atoms with Crippen LogP contribution in [0.25, 0.3) is 0 Å². The van der Waals surface area contributed by atoms with Gasteiger partial charge < -0.3 is 9.79 Å². The Labute approximate surface area is 49.6 Å². The maximum absolute atomic E-state index is 10.3. The molecule has 0 aliphatic carbocycles. The second-order valence-corrected chi connectivity index (χ2v) is 1.75. The zero-order valence-corrected chi connectivity index (χ0v) is 5.18. The molecule has 0 N–H and O–H groups in total. The number of ketones is 1. The molecule has 0 aromatic rings. The fraction of sp³-hybridized carbons (Fsp3) is 0.667. The summed E-state index contributed by atoms with van der Waals surface area (Å²) in [6.45, 7) is 5.59. The van der Waals surface area contributed by atoms with E-state index in [-0.39, 0.29) is 5.78 Å². The summed E-state index contributed by atoms with van der Waals surface area (Å²) in [6, 6.07) is 0. The lowest BCUT2D eigenvalue weighted by molar-refractivity contribution is -0.117. The third-order valence-electron chi connectivity index (χ3n) is 0.845. The molecular formula is C6H11NO. The summed E-state index contributed by atoms with van der Waals surface area (Å²) < 4.78 is 0. The lowest BCUT2D eigenvalue weighted by Gasteiger charge is -1.88. The van der Waals surface area contributed by atoms with E-state index < -0.39 is 0 Å². The fourth-order valence-corrected chi connectivity index (χ4v) is 0.440. The summed E-state index contributed by atoms with van der Waals surface area (Å²) in [5.74, 6) is 0.230. The first-order chi connectivity index (χ1) is 3.77. The molecule has 0 aliphatic rings. The Morgan fingerprint density at radius 3 is 2.75 bits per heavy atom. The minimum Gasteiger partial charge on any atom is -0.301 e. The predicted octanol–water partition coefficient (Wildman–Crippen LogP) is 1.06. The van der Waals surface area contributed by atoms with Crippen molar-refractivity contribution >= 4 is 12.5 Å². The number of nitrogens with zero attached hydrogens (tertiary/aromatic N) is 1. The first kappa shape index (κ1) is 7.34. The van der Waals surface area contributed by atoms with Crippen LogP contribution in [0.1, 0.15) is 19.8 Å². The van der Waals surface area contributed by atoms with E-state index in [2.05, 4.69) is 11.7 Å². The van der Waals surface area contributed by atoms with Gasteiger partial charge in [-0.3, -0.25) is 0 Å². The largest absolute Gasteiger partial charge is 0.301 e. The second kappa shape index (κ2) is 4.50. The summed E-state index contributed by atoms with van der Waals surface area (Å²) in [4.78, 5) is 13.9. The Kier molecular flexibility index (Phi) is 4.13. The van der Waals surface area contributed by atoms with E-state index in [0.29, 0.717) is 13.0 Å². The van der Waals surface area contributed by atoms with E-state index in [4.69, 9.17) is 0 Å². The van der Waals surface area contributed by atoms with Crippen molar-refractivity contribution in [1.29, 1.82) is 0 Å². The van der Waals surface area contributed by atoms with Crippen LogP contribution >= 0.6 is 0 Å². The summed E-state index contributed by atoms with van der Waals surface area (Å²) >= 11 is 0. The maximum Gasteiger partial charge on any atom is 0.129 e.